The van der Waals surface area contributed by atoms with Gasteiger partial charge in [-0.3, -0.25) is 4.79 Å². The standard InChI is InChI=1S/C19H22ClNO2S/c1-3-23-18-9-7-16(8-10-18)14(2)21-19(22)13-24-12-15-5-4-6-17(20)11-15/h4-11,14H,3,12-13H2,1-2H3,(H,21,22)/t14-/m1/s1. The summed E-state index contributed by atoms with van der Waals surface area (Å²) in [7, 11) is 0. The molecule has 2 aromatic rings. The topological polar surface area (TPSA) is 38.3 Å². The van der Waals surface area contributed by atoms with E-state index in [1.165, 1.54) is 0 Å². The van der Waals surface area contributed by atoms with Crippen LogP contribution in [0.3, 0.4) is 0 Å². The Balaban J connectivity index is 1.76. The number of ether oxygens (including phenoxy) is 1. The summed E-state index contributed by atoms with van der Waals surface area (Å²) in [5.74, 6) is 2.07. The highest BCUT2D eigenvalue weighted by Gasteiger charge is 2.10. The molecule has 0 spiro atoms. The maximum Gasteiger partial charge on any atom is 0.230 e. The summed E-state index contributed by atoms with van der Waals surface area (Å²) < 4.78 is 5.43. The number of rotatable bonds is 8. The van der Waals surface area contributed by atoms with E-state index in [0.29, 0.717) is 12.4 Å². The van der Waals surface area contributed by atoms with Crippen LogP contribution in [-0.2, 0) is 10.5 Å². The fourth-order valence-electron chi connectivity index (χ4n) is 2.27. The van der Waals surface area contributed by atoms with Gasteiger partial charge < -0.3 is 10.1 Å². The van der Waals surface area contributed by atoms with Crippen LogP contribution in [-0.4, -0.2) is 18.3 Å². The van der Waals surface area contributed by atoms with Crippen molar-refractivity contribution in [2.24, 2.45) is 0 Å². The van der Waals surface area contributed by atoms with Crippen molar-refractivity contribution in [2.45, 2.75) is 25.6 Å². The molecule has 1 amide bonds. The molecule has 24 heavy (non-hydrogen) atoms. The van der Waals surface area contributed by atoms with E-state index in [9.17, 15) is 4.79 Å². The Kier molecular flexibility index (Phi) is 7.47. The molecule has 1 N–H and O–H groups in total. The van der Waals surface area contributed by atoms with Crippen molar-refractivity contribution in [3.05, 3.63) is 64.7 Å². The Labute approximate surface area is 152 Å². The highest BCUT2D eigenvalue weighted by Crippen LogP contribution is 2.19. The van der Waals surface area contributed by atoms with E-state index >= 15 is 0 Å². The van der Waals surface area contributed by atoms with Crippen molar-refractivity contribution in [3.8, 4) is 5.75 Å². The van der Waals surface area contributed by atoms with E-state index in [1.54, 1.807) is 11.8 Å². The van der Waals surface area contributed by atoms with Crippen LogP contribution in [0.4, 0.5) is 0 Å². The minimum absolute atomic E-state index is 0.0278. The summed E-state index contributed by atoms with van der Waals surface area (Å²) in [6, 6.07) is 15.5. The zero-order valence-corrected chi connectivity index (χ0v) is 15.5. The minimum Gasteiger partial charge on any atom is -0.494 e. The van der Waals surface area contributed by atoms with E-state index in [0.717, 1.165) is 27.7 Å². The summed E-state index contributed by atoms with van der Waals surface area (Å²) in [5.41, 5.74) is 2.19. The van der Waals surface area contributed by atoms with Gasteiger partial charge in [0.2, 0.25) is 5.91 Å². The van der Waals surface area contributed by atoms with Gasteiger partial charge >= 0.3 is 0 Å². The first-order valence-corrected chi connectivity index (χ1v) is 9.46. The number of hydrogen-bond acceptors (Lipinski definition) is 3. The molecule has 0 heterocycles. The SMILES string of the molecule is CCOc1ccc([C@@H](C)NC(=O)CSCc2cccc(Cl)c2)cc1. The van der Waals surface area contributed by atoms with E-state index in [2.05, 4.69) is 5.32 Å². The van der Waals surface area contributed by atoms with Gasteiger partial charge in [0.25, 0.3) is 0 Å². The van der Waals surface area contributed by atoms with Gasteiger partial charge in [-0.2, -0.15) is 0 Å². The molecular formula is C19H22ClNO2S. The Morgan fingerprint density at radius 2 is 2.00 bits per heavy atom. The van der Waals surface area contributed by atoms with E-state index in [-0.39, 0.29) is 11.9 Å². The molecule has 0 aromatic heterocycles. The van der Waals surface area contributed by atoms with Crippen molar-refractivity contribution < 1.29 is 9.53 Å². The second kappa shape index (κ2) is 9.60. The highest BCUT2D eigenvalue weighted by atomic mass is 35.5. The summed E-state index contributed by atoms with van der Waals surface area (Å²) >= 11 is 7.54. The van der Waals surface area contributed by atoms with Gasteiger partial charge in [-0.1, -0.05) is 35.9 Å². The number of nitrogens with one attached hydrogen (secondary N) is 1. The van der Waals surface area contributed by atoms with E-state index in [4.69, 9.17) is 16.3 Å². The number of thioether (sulfide) groups is 1. The minimum atomic E-state index is -0.0278. The quantitative estimate of drug-likeness (QED) is 0.728. The lowest BCUT2D eigenvalue weighted by molar-refractivity contribution is -0.119. The lowest BCUT2D eigenvalue weighted by Gasteiger charge is -2.15. The maximum absolute atomic E-state index is 12.1. The summed E-state index contributed by atoms with van der Waals surface area (Å²) in [6.45, 7) is 4.59. The summed E-state index contributed by atoms with van der Waals surface area (Å²) in [4.78, 5) is 12.1. The van der Waals surface area contributed by atoms with E-state index < -0.39 is 0 Å². The number of hydrogen-bond donors (Lipinski definition) is 1. The fraction of sp³-hybridized carbons (Fsp3) is 0.316. The molecule has 0 saturated heterocycles. The first kappa shape index (κ1) is 18.7. The predicted octanol–water partition coefficient (Wildman–Crippen LogP) is 4.85. The van der Waals surface area contributed by atoms with Crippen LogP contribution in [0.2, 0.25) is 5.02 Å². The van der Waals surface area contributed by atoms with Crippen LogP contribution in [0.1, 0.15) is 31.0 Å². The third-order valence-electron chi connectivity index (χ3n) is 3.46. The average Bonchev–Trinajstić information content (AvgIpc) is 2.56. The third-order valence-corrected chi connectivity index (χ3v) is 4.70. The molecule has 0 aliphatic carbocycles. The Morgan fingerprint density at radius 3 is 2.67 bits per heavy atom. The maximum atomic E-state index is 12.1. The second-order valence-corrected chi connectivity index (χ2v) is 6.84. The molecule has 3 nitrogen and oxygen atoms in total. The zero-order chi connectivity index (χ0) is 17.4. The highest BCUT2D eigenvalue weighted by molar-refractivity contribution is 7.99. The van der Waals surface area contributed by atoms with Gasteiger partial charge in [0.15, 0.2) is 0 Å². The van der Waals surface area contributed by atoms with Crippen molar-refractivity contribution in [1.29, 1.82) is 0 Å². The first-order valence-electron chi connectivity index (χ1n) is 7.92. The lowest BCUT2D eigenvalue weighted by Crippen LogP contribution is -2.28. The molecule has 0 saturated carbocycles. The van der Waals surface area contributed by atoms with Gasteiger partial charge in [-0.25, -0.2) is 0 Å². The number of benzene rings is 2. The molecular weight excluding hydrogens is 342 g/mol. The number of amides is 1. The average molecular weight is 364 g/mol. The molecule has 0 fully saturated rings. The van der Waals surface area contributed by atoms with Gasteiger partial charge in [0.1, 0.15) is 5.75 Å². The van der Waals surface area contributed by atoms with Crippen LogP contribution in [0, 0.1) is 0 Å². The van der Waals surface area contributed by atoms with E-state index in [1.807, 2.05) is 62.4 Å². The number of carbonyl (C=O) groups is 1. The summed E-state index contributed by atoms with van der Waals surface area (Å²) in [5, 5.41) is 3.74. The van der Waals surface area contributed by atoms with Crippen LogP contribution in [0.25, 0.3) is 0 Å². The number of carbonyl (C=O) groups excluding carboxylic acids is 1. The molecule has 2 rings (SSSR count). The van der Waals surface area contributed by atoms with Crippen LogP contribution in [0.15, 0.2) is 48.5 Å². The predicted molar refractivity (Wildman–Crippen MR) is 102 cm³/mol. The fourth-order valence-corrected chi connectivity index (χ4v) is 3.27. The monoisotopic (exact) mass is 363 g/mol. The summed E-state index contributed by atoms with van der Waals surface area (Å²) in [6.07, 6.45) is 0. The molecule has 128 valence electrons. The van der Waals surface area contributed by atoms with Gasteiger partial charge in [0.05, 0.1) is 18.4 Å². The van der Waals surface area contributed by atoms with Gasteiger partial charge in [0, 0.05) is 10.8 Å². The molecule has 1 atom stereocenters. The molecule has 0 unspecified atom stereocenters. The van der Waals surface area contributed by atoms with Crippen molar-refractivity contribution >= 4 is 29.3 Å². The molecule has 5 heteroatoms. The normalized spacial score (nSPS) is 11.8. The van der Waals surface area contributed by atoms with Gasteiger partial charge in [-0.15, -0.1) is 11.8 Å². The van der Waals surface area contributed by atoms with Crippen LogP contribution >= 0.6 is 23.4 Å². The second-order valence-electron chi connectivity index (χ2n) is 5.41. The Bertz CT molecular complexity index is 661. The third kappa shape index (κ3) is 6.10. The first-order chi connectivity index (χ1) is 11.6. The molecule has 0 bridgehead atoms. The lowest BCUT2D eigenvalue weighted by atomic mass is 10.1. The molecule has 0 radical (unpaired) electrons. The zero-order valence-electron chi connectivity index (χ0n) is 13.9. The van der Waals surface area contributed by atoms with Crippen molar-refractivity contribution in [2.75, 3.05) is 12.4 Å². The Hall–Kier alpha value is -1.65. The van der Waals surface area contributed by atoms with Gasteiger partial charge in [-0.05, 0) is 49.2 Å². The largest absolute Gasteiger partial charge is 0.494 e. The number of halogens is 1. The van der Waals surface area contributed by atoms with Crippen LogP contribution in [0.5, 0.6) is 5.75 Å². The molecule has 0 aliphatic rings. The van der Waals surface area contributed by atoms with Crippen molar-refractivity contribution in [1.82, 2.24) is 5.32 Å². The molecule has 2 aromatic carbocycles. The smallest absolute Gasteiger partial charge is 0.230 e. The molecule has 0 aliphatic heterocycles. The van der Waals surface area contributed by atoms with Crippen molar-refractivity contribution in [3.63, 3.8) is 0 Å². The Morgan fingerprint density at radius 1 is 1.25 bits per heavy atom. The van der Waals surface area contributed by atoms with Crippen LogP contribution < -0.4 is 10.1 Å².